The van der Waals surface area contributed by atoms with Crippen LogP contribution in [0.5, 0.6) is 0 Å². The van der Waals surface area contributed by atoms with Crippen LogP contribution in [-0.2, 0) is 6.42 Å². The summed E-state index contributed by atoms with van der Waals surface area (Å²) in [5.41, 5.74) is 2.03. The lowest BCUT2D eigenvalue weighted by atomic mass is 9.77. The molecular formula is C15H20BrN. The number of hydrogen-bond acceptors (Lipinski definition) is 1. The maximum Gasteiger partial charge on any atom is 0.0175 e. The fraction of sp³-hybridized carbons (Fsp3) is 0.600. The van der Waals surface area contributed by atoms with Gasteiger partial charge < -0.3 is 5.32 Å². The second kappa shape index (κ2) is 4.40. The zero-order valence-corrected chi connectivity index (χ0v) is 12.0. The molecule has 92 valence electrons. The molecule has 1 nitrogen and oxygen atoms in total. The van der Waals surface area contributed by atoms with Crippen LogP contribution in [-0.4, -0.2) is 13.6 Å². The minimum absolute atomic E-state index is 0.538. The van der Waals surface area contributed by atoms with Crippen molar-refractivity contribution in [2.24, 2.45) is 17.3 Å². The maximum atomic E-state index is 3.51. The van der Waals surface area contributed by atoms with Crippen LogP contribution in [0.2, 0.25) is 0 Å². The van der Waals surface area contributed by atoms with E-state index in [1.165, 1.54) is 42.3 Å². The van der Waals surface area contributed by atoms with Crippen molar-refractivity contribution in [3.05, 3.63) is 34.3 Å². The Morgan fingerprint density at radius 2 is 1.88 bits per heavy atom. The summed E-state index contributed by atoms with van der Waals surface area (Å²) in [6.07, 6.45) is 5.63. The van der Waals surface area contributed by atoms with Gasteiger partial charge in [-0.05, 0) is 67.7 Å². The third kappa shape index (κ3) is 2.43. The second-order valence-electron chi connectivity index (χ2n) is 6.00. The van der Waals surface area contributed by atoms with Crippen molar-refractivity contribution < 1.29 is 0 Å². The maximum absolute atomic E-state index is 3.51. The monoisotopic (exact) mass is 293 g/mol. The van der Waals surface area contributed by atoms with E-state index in [-0.39, 0.29) is 0 Å². The van der Waals surface area contributed by atoms with Crippen LogP contribution in [0.4, 0.5) is 0 Å². The number of halogens is 1. The largest absolute Gasteiger partial charge is 0.319 e. The van der Waals surface area contributed by atoms with Crippen molar-refractivity contribution in [1.82, 2.24) is 5.32 Å². The van der Waals surface area contributed by atoms with Gasteiger partial charge in [0.25, 0.3) is 0 Å². The molecule has 1 N–H and O–H groups in total. The lowest BCUT2D eigenvalue weighted by Gasteiger charge is -2.31. The Bertz CT molecular complexity index is 388. The lowest BCUT2D eigenvalue weighted by molar-refractivity contribution is 0.255. The normalized spacial score (nSPS) is 34.7. The van der Waals surface area contributed by atoms with Gasteiger partial charge >= 0.3 is 0 Å². The predicted octanol–water partition coefficient (Wildman–Crippen LogP) is 3.63. The molecule has 0 bridgehead atoms. The quantitative estimate of drug-likeness (QED) is 0.894. The van der Waals surface area contributed by atoms with Crippen molar-refractivity contribution in [2.75, 3.05) is 13.6 Å². The summed E-state index contributed by atoms with van der Waals surface area (Å²) in [4.78, 5) is 0. The second-order valence-corrected chi connectivity index (χ2v) is 6.91. The van der Waals surface area contributed by atoms with Crippen molar-refractivity contribution in [2.45, 2.75) is 25.7 Å². The van der Waals surface area contributed by atoms with E-state index in [1.807, 2.05) is 0 Å². The summed E-state index contributed by atoms with van der Waals surface area (Å²) in [5, 5.41) is 3.41. The molecule has 2 unspecified atom stereocenters. The summed E-state index contributed by atoms with van der Waals surface area (Å²) in [6, 6.07) is 8.87. The van der Waals surface area contributed by atoms with E-state index >= 15 is 0 Å². The molecule has 0 aromatic heterocycles. The van der Waals surface area contributed by atoms with Crippen LogP contribution in [0.1, 0.15) is 24.8 Å². The Kier molecular flexibility index (Phi) is 3.04. The first kappa shape index (κ1) is 11.7. The molecule has 2 fully saturated rings. The Hall–Kier alpha value is -0.340. The summed E-state index contributed by atoms with van der Waals surface area (Å²) < 4.78 is 1.18. The molecule has 2 saturated carbocycles. The van der Waals surface area contributed by atoms with E-state index in [9.17, 15) is 0 Å². The van der Waals surface area contributed by atoms with Crippen LogP contribution in [0.15, 0.2) is 28.7 Å². The molecule has 0 heterocycles. The molecule has 0 aliphatic heterocycles. The smallest absolute Gasteiger partial charge is 0.0175 e. The highest BCUT2D eigenvalue weighted by Gasteiger charge is 2.53. The van der Waals surface area contributed by atoms with Gasteiger partial charge in [-0.3, -0.25) is 0 Å². The Labute approximate surface area is 112 Å². The molecule has 0 spiro atoms. The van der Waals surface area contributed by atoms with Crippen molar-refractivity contribution >= 4 is 15.9 Å². The van der Waals surface area contributed by atoms with Gasteiger partial charge in [0.05, 0.1) is 0 Å². The molecule has 1 aromatic rings. The van der Waals surface area contributed by atoms with Gasteiger partial charge in [-0.25, -0.2) is 0 Å². The highest BCUT2D eigenvalue weighted by Crippen LogP contribution is 2.60. The zero-order valence-electron chi connectivity index (χ0n) is 10.4. The van der Waals surface area contributed by atoms with Crippen molar-refractivity contribution in [3.63, 3.8) is 0 Å². The number of nitrogens with one attached hydrogen (secondary N) is 1. The molecule has 0 saturated heterocycles. The van der Waals surface area contributed by atoms with Gasteiger partial charge in [0.15, 0.2) is 0 Å². The predicted molar refractivity (Wildman–Crippen MR) is 75.0 cm³/mol. The number of hydrogen-bond donors (Lipinski definition) is 1. The van der Waals surface area contributed by atoms with Gasteiger partial charge in [0, 0.05) is 11.0 Å². The fourth-order valence-electron chi connectivity index (χ4n) is 3.77. The van der Waals surface area contributed by atoms with E-state index in [0.717, 1.165) is 11.8 Å². The summed E-state index contributed by atoms with van der Waals surface area (Å²) >= 11 is 3.51. The Balaban J connectivity index is 1.74. The molecular weight excluding hydrogens is 274 g/mol. The van der Waals surface area contributed by atoms with E-state index in [4.69, 9.17) is 0 Å². The Morgan fingerprint density at radius 1 is 1.24 bits per heavy atom. The molecule has 3 rings (SSSR count). The highest BCUT2D eigenvalue weighted by molar-refractivity contribution is 9.10. The molecule has 1 aromatic carbocycles. The third-order valence-electron chi connectivity index (χ3n) is 4.50. The number of rotatable bonds is 4. The highest BCUT2D eigenvalue weighted by atomic mass is 79.9. The first-order chi connectivity index (χ1) is 8.21. The average Bonchev–Trinajstić information content (AvgIpc) is 2.91. The van der Waals surface area contributed by atoms with E-state index in [0.29, 0.717) is 5.41 Å². The minimum atomic E-state index is 0.538. The SMILES string of the molecule is CNCC1(Cc2ccc(Br)cc2)CC2CC2C1. The fourth-order valence-corrected chi connectivity index (χ4v) is 4.03. The first-order valence-electron chi connectivity index (χ1n) is 6.60. The molecule has 17 heavy (non-hydrogen) atoms. The average molecular weight is 294 g/mol. The van der Waals surface area contributed by atoms with E-state index < -0.39 is 0 Å². The lowest BCUT2D eigenvalue weighted by Crippen LogP contribution is -2.33. The minimum Gasteiger partial charge on any atom is -0.319 e. The molecule has 2 atom stereocenters. The van der Waals surface area contributed by atoms with Crippen LogP contribution in [0.3, 0.4) is 0 Å². The van der Waals surface area contributed by atoms with Crippen molar-refractivity contribution in [1.29, 1.82) is 0 Å². The molecule has 2 heteroatoms. The zero-order chi connectivity index (χ0) is 11.9. The van der Waals surface area contributed by atoms with E-state index in [1.54, 1.807) is 0 Å². The molecule has 2 aliphatic carbocycles. The number of benzene rings is 1. The summed E-state index contributed by atoms with van der Waals surface area (Å²) in [5.74, 6) is 2.11. The topological polar surface area (TPSA) is 12.0 Å². The Morgan fingerprint density at radius 3 is 2.47 bits per heavy atom. The van der Waals surface area contributed by atoms with Gasteiger partial charge in [0.1, 0.15) is 0 Å². The van der Waals surface area contributed by atoms with Gasteiger partial charge in [-0.1, -0.05) is 28.1 Å². The third-order valence-corrected chi connectivity index (χ3v) is 5.03. The molecule has 2 aliphatic rings. The first-order valence-corrected chi connectivity index (χ1v) is 7.39. The summed E-state index contributed by atoms with van der Waals surface area (Å²) in [7, 11) is 2.09. The van der Waals surface area contributed by atoms with Crippen LogP contribution in [0.25, 0.3) is 0 Å². The number of fused-ring (bicyclic) bond motifs is 1. The van der Waals surface area contributed by atoms with Gasteiger partial charge in [-0.2, -0.15) is 0 Å². The van der Waals surface area contributed by atoms with Crippen LogP contribution < -0.4 is 5.32 Å². The molecule has 0 amide bonds. The van der Waals surface area contributed by atoms with Gasteiger partial charge in [-0.15, -0.1) is 0 Å². The standard InChI is InChI=1S/C15H20BrN/c1-17-10-15(8-12-6-13(12)9-15)7-11-2-4-14(16)5-3-11/h2-5,12-13,17H,6-10H2,1H3. The van der Waals surface area contributed by atoms with E-state index in [2.05, 4.69) is 52.6 Å². The molecule has 0 radical (unpaired) electrons. The van der Waals surface area contributed by atoms with Crippen LogP contribution >= 0.6 is 15.9 Å². The van der Waals surface area contributed by atoms with Crippen molar-refractivity contribution in [3.8, 4) is 0 Å². The van der Waals surface area contributed by atoms with Gasteiger partial charge in [0.2, 0.25) is 0 Å². The summed E-state index contributed by atoms with van der Waals surface area (Å²) in [6.45, 7) is 1.18. The van der Waals surface area contributed by atoms with Crippen LogP contribution in [0, 0.1) is 17.3 Å².